The minimum Gasteiger partial charge on any atom is -0.480 e. The highest BCUT2D eigenvalue weighted by Crippen LogP contribution is 2.30. The quantitative estimate of drug-likeness (QED) is 0.713. The molecule has 1 amide bonds. The first-order valence-electron chi connectivity index (χ1n) is 8.02. The standard InChI is InChI=1S/C18H17N3O4S/c1-2-13-8-14-16(19-11-20-17(14)26-13)21(9-15(22)23)18(24)25-10-12-6-4-3-5-7-12/h3-8,11H,2,9-10H2,1H3,(H,22,23). The van der Waals surface area contributed by atoms with Gasteiger partial charge < -0.3 is 9.84 Å². The second-order valence-electron chi connectivity index (χ2n) is 5.50. The van der Waals surface area contributed by atoms with Crippen LogP contribution < -0.4 is 4.90 Å². The van der Waals surface area contributed by atoms with Gasteiger partial charge in [-0.05, 0) is 18.1 Å². The number of aromatic nitrogens is 2. The van der Waals surface area contributed by atoms with Gasteiger partial charge in [-0.25, -0.2) is 19.7 Å². The number of aliphatic carboxylic acids is 1. The number of hydrogen-bond acceptors (Lipinski definition) is 6. The third kappa shape index (κ3) is 3.97. The number of fused-ring (bicyclic) bond motifs is 1. The molecule has 0 spiro atoms. The zero-order valence-electron chi connectivity index (χ0n) is 14.1. The van der Waals surface area contributed by atoms with E-state index in [1.807, 2.05) is 43.3 Å². The van der Waals surface area contributed by atoms with Crippen LogP contribution in [-0.2, 0) is 22.6 Å². The summed E-state index contributed by atoms with van der Waals surface area (Å²) in [6.45, 7) is 1.52. The van der Waals surface area contributed by atoms with E-state index in [9.17, 15) is 14.7 Å². The fourth-order valence-corrected chi connectivity index (χ4v) is 3.37. The molecule has 0 aliphatic rings. The van der Waals surface area contributed by atoms with Crippen LogP contribution in [0.25, 0.3) is 10.2 Å². The van der Waals surface area contributed by atoms with E-state index in [0.29, 0.717) is 10.2 Å². The summed E-state index contributed by atoms with van der Waals surface area (Å²) in [7, 11) is 0. The lowest BCUT2D eigenvalue weighted by atomic mass is 10.2. The molecule has 0 saturated heterocycles. The second kappa shape index (κ2) is 7.92. The van der Waals surface area contributed by atoms with Crippen LogP contribution in [0.3, 0.4) is 0 Å². The summed E-state index contributed by atoms with van der Waals surface area (Å²) in [4.78, 5) is 35.0. The number of carboxylic acid groups (broad SMARTS) is 1. The van der Waals surface area contributed by atoms with Gasteiger partial charge in [-0.1, -0.05) is 37.3 Å². The molecule has 7 nitrogen and oxygen atoms in total. The van der Waals surface area contributed by atoms with Gasteiger partial charge in [-0.15, -0.1) is 11.3 Å². The molecule has 0 fully saturated rings. The first-order chi connectivity index (χ1) is 12.6. The van der Waals surface area contributed by atoms with Crippen molar-refractivity contribution in [3.8, 4) is 0 Å². The van der Waals surface area contributed by atoms with Crippen molar-refractivity contribution in [1.29, 1.82) is 0 Å². The Morgan fingerprint density at radius 2 is 2.00 bits per heavy atom. The number of carbonyl (C=O) groups excluding carboxylic acids is 1. The molecular formula is C18H17N3O4S. The van der Waals surface area contributed by atoms with Crippen molar-refractivity contribution in [3.63, 3.8) is 0 Å². The SMILES string of the molecule is CCc1cc2c(N(CC(=O)O)C(=O)OCc3ccccc3)ncnc2s1. The number of benzene rings is 1. The molecule has 134 valence electrons. The smallest absolute Gasteiger partial charge is 0.416 e. The van der Waals surface area contributed by atoms with Crippen molar-refractivity contribution in [2.45, 2.75) is 20.0 Å². The molecule has 0 aliphatic heterocycles. The maximum atomic E-state index is 12.6. The highest BCUT2D eigenvalue weighted by molar-refractivity contribution is 7.18. The molecule has 0 aliphatic carbocycles. The van der Waals surface area contributed by atoms with Crippen molar-refractivity contribution in [3.05, 3.63) is 53.2 Å². The van der Waals surface area contributed by atoms with Crippen LogP contribution in [0.1, 0.15) is 17.4 Å². The lowest BCUT2D eigenvalue weighted by Crippen LogP contribution is -2.36. The lowest BCUT2D eigenvalue weighted by molar-refractivity contribution is -0.135. The molecule has 0 saturated carbocycles. The maximum absolute atomic E-state index is 12.6. The van der Waals surface area contributed by atoms with E-state index in [1.54, 1.807) is 0 Å². The highest BCUT2D eigenvalue weighted by Gasteiger charge is 2.24. The summed E-state index contributed by atoms with van der Waals surface area (Å²) in [6, 6.07) is 11.1. The van der Waals surface area contributed by atoms with Crippen LogP contribution in [-0.4, -0.2) is 33.7 Å². The van der Waals surface area contributed by atoms with Gasteiger partial charge >= 0.3 is 12.1 Å². The van der Waals surface area contributed by atoms with Crippen molar-refractivity contribution in [2.75, 3.05) is 11.4 Å². The first kappa shape index (κ1) is 17.8. The number of carbonyl (C=O) groups is 2. The van der Waals surface area contributed by atoms with E-state index < -0.39 is 18.6 Å². The molecule has 3 rings (SSSR count). The number of amides is 1. The van der Waals surface area contributed by atoms with E-state index in [4.69, 9.17) is 4.74 Å². The van der Waals surface area contributed by atoms with Gasteiger partial charge in [0.2, 0.25) is 0 Å². The predicted octanol–water partition coefficient (Wildman–Crippen LogP) is 3.48. The molecule has 0 atom stereocenters. The number of aryl methyl sites for hydroxylation is 1. The third-order valence-corrected chi connectivity index (χ3v) is 4.87. The molecule has 2 aromatic heterocycles. The Kier molecular flexibility index (Phi) is 5.43. The summed E-state index contributed by atoms with van der Waals surface area (Å²) in [6.07, 6.45) is 1.38. The van der Waals surface area contributed by atoms with Crippen molar-refractivity contribution in [1.82, 2.24) is 9.97 Å². The zero-order valence-corrected chi connectivity index (χ0v) is 14.9. The fraction of sp³-hybridized carbons (Fsp3) is 0.222. The molecule has 3 aromatic rings. The second-order valence-corrected chi connectivity index (χ2v) is 6.62. The Hall–Kier alpha value is -3.00. The Morgan fingerprint density at radius 3 is 2.69 bits per heavy atom. The Morgan fingerprint density at radius 1 is 1.23 bits per heavy atom. The first-order valence-corrected chi connectivity index (χ1v) is 8.83. The highest BCUT2D eigenvalue weighted by atomic mass is 32.1. The number of rotatable bonds is 6. The maximum Gasteiger partial charge on any atom is 0.416 e. The summed E-state index contributed by atoms with van der Waals surface area (Å²) in [5, 5.41) is 9.86. The molecule has 0 bridgehead atoms. The zero-order chi connectivity index (χ0) is 18.5. The largest absolute Gasteiger partial charge is 0.480 e. The normalized spacial score (nSPS) is 10.7. The Bertz CT molecular complexity index is 927. The van der Waals surface area contributed by atoms with Crippen molar-refractivity contribution < 1.29 is 19.4 Å². The third-order valence-electron chi connectivity index (χ3n) is 3.68. The van der Waals surface area contributed by atoms with Gasteiger partial charge in [-0.3, -0.25) is 4.79 Å². The molecule has 1 aromatic carbocycles. The lowest BCUT2D eigenvalue weighted by Gasteiger charge is -2.19. The van der Waals surface area contributed by atoms with Gasteiger partial charge in [0.05, 0.1) is 5.39 Å². The number of nitrogens with zero attached hydrogens (tertiary/aromatic N) is 3. The molecule has 1 N–H and O–H groups in total. The number of thiophene rings is 1. The summed E-state index contributed by atoms with van der Waals surface area (Å²) in [5.41, 5.74) is 0.813. The average Bonchev–Trinajstić information content (AvgIpc) is 3.08. The fourth-order valence-electron chi connectivity index (χ4n) is 2.44. The van der Waals surface area contributed by atoms with Gasteiger partial charge in [-0.2, -0.15) is 0 Å². The number of anilines is 1. The van der Waals surface area contributed by atoms with E-state index in [2.05, 4.69) is 9.97 Å². The van der Waals surface area contributed by atoms with E-state index in [0.717, 1.165) is 21.8 Å². The Balaban J connectivity index is 1.89. The average molecular weight is 371 g/mol. The monoisotopic (exact) mass is 371 g/mol. The van der Waals surface area contributed by atoms with E-state index in [-0.39, 0.29) is 12.4 Å². The topological polar surface area (TPSA) is 92.6 Å². The number of ether oxygens (including phenoxy) is 1. The van der Waals surface area contributed by atoms with E-state index in [1.165, 1.54) is 17.7 Å². The van der Waals surface area contributed by atoms with Crippen LogP contribution in [0, 0.1) is 0 Å². The molecule has 26 heavy (non-hydrogen) atoms. The van der Waals surface area contributed by atoms with Crippen LogP contribution in [0.15, 0.2) is 42.7 Å². The van der Waals surface area contributed by atoms with Gasteiger partial charge in [0.1, 0.15) is 24.3 Å². The number of carboxylic acids is 1. The van der Waals surface area contributed by atoms with Crippen molar-refractivity contribution >= 4 is 39.4 Å². The molecule has 2 heterocycles. The number of hydrogen-bond donors (Lipinski definition) is 1. The summed E-state index contributed by atoms with van der Waals surface area (Å²) < 4.78 is 5.29. The minimum absolute atomic E-state index is 0.0495. The van der Waals surface area contributed by atoms with Gasteiger partial charge in [0, 0.05) is 4.88 Å². The van der Waals surface area contributed by atoms with Crippen molar-refractivity contribution in [2.24, 2.45) is 0 Å². The van der Waals surface area contributed by atoms with Gasteiger partial charge in [0.25, 0.3) is 0 Å². The Labute approximate surface area is 153 Å². The predicted molar refractivity (Wildman–Crippen MR) is 98.4 cm³/mol. The molecule has 0 radical (unpaired) electrons. The minimum atomic E-state index is -1.15. The van der Waals surface area contributed by atoms with Gasteiger partial charge in [0.15, 0.2) is 5.82 Å². The van der Waals surface area contributed by atoms with E-state index >= 15 is 0 Å². The van der Waals surface area contributed by atoms with Crippen LogP contribution >= 0.6 is 11.3 Å². The summed E-state index contributed by atoms with van der Waals surface area (Å²) in [5.74, 6) is -0.911. The molecule has 8 heteroatoms. The summed E-state index contributed by atoms with van der Waals surface area (Å²) >= 11 is 1.49. The molecular weight excluding hydrogens is 354 g/mol. The van der Waals surface area contributed by atoms with Crippen LogP contribution in [0.5, 0.6) is 0 Å². The van der Waals surface area contributed by atoms with Crippen LogP contribution in [0.4, 0.5) is 10.6 Å². The molecule has 0 unspecified atom stereocenters. The van der Waals surface area contributed by atoms with Crippen LogP contribution in [0.2, 0.25) is 0 Å².